The third-order valence-electron chi connectivity index (χ3n) is 16.2. The first-order valence-corrected chi connectivity index (χ1v) is 23.0. The highest BCUT2D eigenvalue weighted by Crippen LogP contribution is 2.70. The largest absolute Gasteiger partial charge is 0.436 e. The summed E-state index contributed by atoms with van der Waals surface area (Å²) in [6.45, 7) is 0. The van der Waals surface area contributed by atoms with Crippen LogP contribution < -0.4 is 0 Å². The highest BCUT2D eigenvalue weighted by atomic mass is 16.3. The van der Waals surface area contributed by atoms with Crippen LogP contribution in [0.1, 0.15) is 43.2 Å². The minimum absolute atomic E-state index is 0.0670. The van der Waals surface area contributed by atoms with Gasteiger partial charge in [-0.15, -0.1) is 0 Å². The molecule has 3 nitrogen and oxygen atoms in total. The number of fused-ring (bicyclic) bond motifs is 13. The summed E-state index contributed by atoms with van der Waals surface area (Å²) in [4.78, 5) is 10.9. The third kappa shape index (κ3) is 4.64. The lowest BCUT2D eigenvalue weighted by atomic mass is 9.42. The predicted octanol–water partition coefficient (Wildman–Crippen LogP) is 15.7. The summed E-state index contributed by atoms with van der Waals surface area (Å²) in [6.07, 6.45) is 6.93. The molecule has 11 aromatic rings. The molecule has 4 bridgehead atoms. The molecule has 0 amide bonds. The number of hydrogen-bond donors (Lipinski definition) is 0. The highest BCUT2D eigenvalue weighted by Gasteiger charge is 2.62. The van der Waals surface area contributed by atoms with Crippen LogP contribution >= 0.6 is 0 Å². The first-order chi connectivity index (χ1) is 31.2. The van der Waals surface area contributed by atoms with Gasteiger partial charge in [0.05, 0.1) is 11.1 Å². The lowest BCUT2D eigenvalue weighted by Crippen LogP contribution is -2.55. The van der Waals surface area contributed by atoms with Gasteiger partial charge in [0, 0.05) is 21.9 Å². The van der Waals surface area contributed by atoms with Crippen LogP contribution in [0.3, 0.4) is 0 Å². The topological polar surface area (TPSA) is 38.9 Å². The molecule has 16 rings (SSSR count). The van der Waals surface area contributed by atoms with Crippen molar-refractivity contribution in [3.05, 3.63) is 181 Å². The summed E-state index contributed by atoms with van der Waals surface area (Å²) in [5.41, 5.74) is 14.9. The molecule has 9 aromatic carbocycles. The lowest BCUT2D eigenvalue weighted by Gasteiger charge is -2.61. The summed E-state index contributed by atoms with van der Waals surface area (Å²) < 4.78 is 6.72. The number of nitrogens with zero attached hydrogens (tertiary/aromatic N) is 2. The van der Waals surface area contributed by atoms with E-state index in [-0.39, 0.29) is 5.41 Å². The molecule has 2 aromatic heterocycles. The second-order valence-electron chi connectivity index (χ2n) is 19.3. The standard InChI is InChI=1S/C60H42N2O/c1-2-11-36(12-3-1)55-56(61-57-53-48-17-8-6-15-46(48)47-16-7-9-18-50(47)58(53)63-59(57)62-55)42-24-22-39-30-41(23-21-40(39)31-42)45-19-10-20-49-51-32-37-13-4-5-14-38(37)33-52(51)60(54(45)49)43-26-34-25-35(28-43)29-44(60)27-34/h1-24,30-35,43-44H,25-29H2. The van der Waals surface area contributed by atoms with E-state index in [9.17, 15) is 0 Å². The number of hydrogen-bond acceptors (Lipinski definition) is 3. The molecule has 63 heavy (non-hydrogen) atoms. The van der Waals surface area contributed by atoms with Crippen molar-refractivity contribution in [3.63, 3.8) is 0 Å². The minimum Gasteiger partial charge on any atom is -0.436 e. The third-order valence-corrected chi connectivity index (χ3v) is 16.2. The van der Waals surface area contributed by atoms with Crippen LogP contribution in [-0.2, 0) is 5.41 Å². The molecule has 0 aliphatic heterocycles. The zero-order valence-electron chi connectivity index (χ0n) is 34.8. The van der Waals surface area contributed by atoms with Crippen molar-refractivity contribution in [1.29, 1.82) is 0 Å². The van der Waals surface area contributed by atoms with Crippen molar-refractivity contribution in [2.24, 2.45) is 23.7 Å². The Bertz CT molecular complexity index is 3740. The molecule has 4 saturated carbocycles. The number of aromatic nitrogens is 2. The van der Waals surface area contributed by atoms with Crippen molar-refractivity contribution < 1.29 is 4.42 Å². The molecule has 4 fully saturated rings. The van der Waals surface area contributed by atoms with Crippen LogP contribution in [0, 0.1) is 23.7 Å². The van der Waals surface area contributed by atoms with E-state index in [1.54, 1.807) is 11.1 Å². The van der Waals surface area contributed by atoms with E-state index in [1.807, 2.05) is 0 Å². The van der Waals surface area contributed by atoms with Gasteiger partial charge in [0.25, 0.3) is 0 Å². The quantitative estimate of drug-likeness (QED) is 0.167. The molecule has 5 aliphatic rings. The van der Waals surface area contributed by atoms with Gasteiger partial charge >= 0.3 is 0 Å². The predicted molar refractivity (Wildman–Crippen MR) is 259 cm³/mol. The summed E-state index contributed by atoms with van der Waals surface area (Å²) in [5, 5.41) is 10.7. The van der Waals surface area contributed by atoms with Crippen LogP contribution in [0.4, 0.5) is 0 Å². The van der Waals surface area contributed by atoms with Crippen molar-refractivity contribution in [2.45, 2.75) is 37.5 Å². The molecule has 0 radical (unpaired) electrons. The van der Waals surface area contributed by atoms with Gasteiger partial charge in [-0.2, -0.15) is 0 Å². The monoisotopic (exact) mass is 806 g/mol. The van der Waals surface area contributed by atoms with Gasteiger partial charge in [-0.05, 0) is 151 Å². The molecule has 5 aliphatic carbocycles. The second kappa shape index (κ2) is 12.5. The number of furan rings is 1. The highest BCUT2D eigenvalue weighted by molar-refractivity contribution is 6.29. The average molecular weight is 807 g/mol. The van der Waals surface area contributed by atoms with Crippen LogP contribution in [0.2, 0.25) is 0 Å². The Morgan fingerprint density at radius 1 is 0.429 bits per heavy atom. The zero-order valence-corrected chi connectivity index (χ0v) is 34.8. The van der Waals surface area contributed by atoms with Crippen molar-refractivity contribution >= 4 is 65.3 Å². The molecule has 1 spiro atoms. The Morgan fingerprint density at radius 2 is 1.02 bits per heavy atom. The fourth-order valence-corrected chi connectivity index (χ4v) is 13.9. The first-order valence-electron chi connectivity index (χ1n) is 23.0. The van der Waals surface area contributed by atoms with Gasteiger partial charge in [0.1, 0.15) is 16.8 Å². The van der Waals surface area contributed by atoms with Crippen molar-refractivity contribution in [1.82, 2.24) is 9.97 Å². The van der Waals surface area contributed by atoms with Gasteiger partial charge in [-0.25, -0.2) is 9.97 Å². The van der Waals surface area contributed by atoms with Gasteiger partial charge < -0.3 is 4.42 Å². The Labute approximate surface area is 365 Å². The smallest absolute Gasteiger partial charge is 0.246 e. The van der Waals surface area contributed by atoms with Crippen LogP contribution in [0.25, 0.3) is 110 Å². The molecule has 0 unspecified atom stereocenters. The van der Waals surface area contributed by atoms with Gasteiger partial charge in [-0.1, -0.05) is 146 Å². The fourth-order valence-electron chi connectivity index (χ4n) is 13.9. The van der Waals surface area contributed by atoms with E-state index in [0.717, 1.165) is 61.6 Å². The SMILES string of the molecule is c1ccc(-c2nc3oc4c5ccccc5c5ccccc5c4c3nc2-c2ccc3cc(-c4cccc5c4C4(c6cc7ccccc7cc6-5)C5CC6CC(C5)CC4C6)ccc3c2)cc1. The van der Waals surface area contributed by atoms with E-state index < -0.39 is 0 Å². The van der Waals surface area contributed by atoms with Gasteiger partial charge in [0.15, 0.2) is 0 Å². The average Bonchev–Trinajstić information content (AvgIpc) is 3.85. The van der Waals surface area contributed by atoms with Gasteiger partial charge in [-0.3, -0.25) is 0 Å². The molecular formula is C60H42N2O. The molecule has 2 heterocycles. The van der Waals surface area contributed by atoms with E-state index in [2.05, 4.69) is 170 Å². The summed E-state index contributed by atoms with van der Waals surface area (Å²) in [7, 11) is 0. The first kappa shape index (κ1) is 34.5. The molecule has 3 heteroatoms. The minimum atomic E-state index is 0.0670. The normalized spacial score (nSPS) is 22.0. The maximum Gasteiger partial charge on any atom is 0.246 e. The summed E-state index contributed by atoms with van der Waals surface area (Å²) in [5.74, 6) is 3.18. The molecule has 298 valence electrons. The number of benzene rings is 9. The Hall–Kier alpha value is -7.10. The van der Waals surface area contributed by atoms with Crippen LogP contribution in [-0.4, -0.2) is 9.97 Å². The van der Waals surface area contributed by atoms with E-state index in [0.29, 0.717) is 17.5 Å². The van der Waals surface area contributed by atoms with Gasteiger partial charge in [0.2, 0.25) is 5.71 Å². The summed E-state index contributed by atoms with van der Waals surface area (Å²) >= 11 is 0. The molecule has 0 saturated heterocycles. The van der Waals surface area contributed by atoms with Crippen molar-refractivity contribution in [2.75, 3.05) is 0 Å². The number of rotatable bonds is 3. The van der Waals surface area contributed by atoms with Crippen LogP contribution in [0.15, 0.2) is 174 Å². The maximum atomic E-state index is 6.72. The molecule has 0 N–H and O–H groups in total. The Kier molecular flexibility index (Phi) is 6.85. The zero-order chi connectivity index (χ0) is 41.0. The second-order valence-corrected chi connectivity index (χ2v) is 19.3. The van der Waals surface area contributed by atoms with E-state index in [1.165, 1.54) is 86.7 Å². The van der Waals surface area contributed by atoms with E-state index >= 15 is 0 Å². The Morgan fingerprint density at radius 3 is 1.78 bits per heavy atom. The Balaban J connectivity index is 0.916. The lowest BCUT2D eigenvalue weighted by molar-refractivity contribution is -0.0396. The van der Waals surface area contributed by atoms with E-state index in [4.69, 9.17) is 14.4 Å². The fraction of sp³-hybridized carbons (Fsp3) is 0.167. The molecular weight excluding hydrogens is 765 g/mol. The maximum absolute atomic E-state index is 6.72. The molecule has 0 atom stereocenters. The van der Waals surface area contributed by atoms with Crippen LogP contribution in [0.5, 0.6) is 0 Å². The summed E-state index contributed by atoms with van der Waals surface area (Å²) in [6, 6.07) is 63.0. The van der Waals surface area contributed by atoms with Crippen molar-refractivity contribution in [3.8, 4) is 44.8 Å².